The van der Waals surface area contributed by atoms with E-state index in [1.807, 2.05) is 13.8 Å². The molecule has 1 aliphatic carbocycles. The van der Waals surface area contributed by atoms with Crippen LogP contribution < -0.4 is 11.1 Å². The van der Waals surface area contributed by atoms with Gasteiger partial charge in [-0.25, -0.2) is 0 Å². The summed E-state index contributed by atoms with van der Waals surface area (Å²) in [6.07, 6.45) is 2.27. The van der Waals surface area contributed by atoms with Gasteiger partial charge in [0.1, 0.15) is 12.0 Å². The highest BCUT2D eigenvalue weighted by Gasteiger charge is 2.48. The SMILES string of the molecule is COCC(N)COC1(N[C@H](C=O)CC(=O)O)C(C)CCC1C. The van der Waals surface area contributed by atoms with Gasteiger partial charge in [0.25, 0.3) is 0 Å². The van der Waals surface area contributed by atoms with Gasteiger partial charge in [0.2, 0.25) is 0 Å². The number of hydrogen-bond donors (Lipinski definition) is 3. The Kier molecular flexibility index (Phi) is 7.41. The number of ether oxygens (including phenoxy) is 2. The Balaban J connectivity index is 2.83. The number of methoxy groups -OCH3 is 1. The largest absolute Gasteiger partial charge is 0.481 e. The van der Waals surface area contributed by atoms with Crippen LogP contribution in [-0.4, -0.2) is 55.5 Å². The monoisotopic (exact) mass is 316 g/mol. The van der Waals surface area contributed by atoms with Crippen molar-refractivity contribution in [3.63, 3.8) is 0 Å². The van der Waals surface area contributed by atoms with Crippen LogP contribution in [0.15, 0.2) is 0 Å². The molecular formula is C15H28N2O5. The van der Waals surface area contributed by atoms with Crippen LogP contribution in [0, 0.1) is 11.8 Å². The zero-order valence-corrected chi connectivity index (χ0v) is 13.6. The van der Waals surface area contributed by atoms with Crippen LogP contribution in [0.25, 0.3) is 0 Å². The van der Waals surface area contributed by atoms with Gasteiger partial charge in [-0.05, 0) is 24.7 Å². The molecule has 1 saturated carbocycles. The van der Waals surface area contributed by atoms with Gasteiger partial charge < -0.3 is 25.1 Å². The highest BCUT2D eigenvalue weighted by molar-refractivity contribution is 5.73. The first-order valence-electron chi connectivity index (χ1n) is 7.69. The van der Waals surface area contributed by atoms with Crippen molar-refractivity contribution in [2.24, 2.45) is 17.6 Å². The third-order valence-electron chi connectivity index (χ3n) is 4.38. The summed E-state index contributed by atoms with van der Waals surface area (Å²) in [6, 6.07) is -1.04. The summed E-state index contributed by atoms with van der Waals surface area (Å²) in [5.41, 5.74) is 5.18. The molecule has 0 aromatic heterocycles. The summed E-state index contributed by atoms with van der Waals surface area (Å²) in [6.45, 7) is 4.75. The maximum absolute atomic E-state index is 11.2. The summed E-state index contributed by atoms with van der Waals surface area (Å²) in [5.74, 6) is -0.698. The predicted molar refractivity (Wildman–Crippen MR) is 81.3 cm³/mol. The highest BCUT2D eigenvalue weighted by atomic mass is 16.5. The van der Waals surface area contributed by atoms with Crippen LogP contribution in [0.1, 0.15) is 33.1 Å². The molecule has 3 unspecified atom stereocenters. The van der Waals surface area contributed by atoms with E-state index in [-0.39, 0.29) is 30.9 Å². The molecule has 0 radical (unpaired) electrons. The molecule has 0 aromatic rings. The van der Waals surface area contributed by atoms with Crippen molar-refractivity contribution in [1.82, 2.24) is 5.32 Å². The molecule has 22 heavy (non-hydrogen) atoms. The van der Waals surface area contributed by atoms with E-state index < -0.39 is 17.7 Å². The molecule has 0 spiro atoms. The Labute approximate surface area is 131 Å². The molecule has 1 aliphatic rings. The fraction of sp³-hybridized carbons (Fsp3) is 0.867. The fourth-order valence-electron chi connectivity index (χ4n) is 3.14. The average Bonchev–Trinajstić information content (AvgIpc) is 2.73. The number of rotatable bonds is 10. The molecule has 1 fully saturated rings. The standard InChI is InChI=1S/C15H28N2O5/c1-10-4-5-11(2)15(10,22-9-12(16)8-21-3)17-13(7-18)6-14(19)20/h7,10-13,17H,4-6,8-9,16H2,1-3H3,(H,19,20)/t10?,11?,12?,13-,15?/m0/s1. The van der Waals surface area contributed by atoms with E-state index in [1.54, 1.807) is 7.11 Å². The molecule has 0 amide bonds. The Hall–Kier alpha value is -1.02. The first-order valence-corrected chi connectivity index (χ1v) is 7.69. The average molecular weight is 316 g/mol. The summed E-state index contributed by atoms with van der Waals surface area (Å²) in [4.78, 5) is 22.1. The minimum Gasteiger partial charge on any atom is -0.481 e. The maximum Gasteiger partial charge on any atom is 0.305 e. The summed E-state index contributed by atoms with van der Waals surface area (Å²) >= 11 is 0. The lowest BCUT2D eigenvalue weighted by atomic mass is 9.93. The number of nitrogens with one attached hydrogen (secondary N) is 1. The molecule has 1 rings (SSSR count). The molecule has 0 heterocycles. The van der Waals surface area contributed by atoms with E-state index in [0.717, 1.165) is 12.8 Å². The molecule has 0 saturated heterocycles. The van der Waals surface area contributed by atoms with Crippen LogP contribution in [0.3, 0.4) is 0 Å². The van der Waals surface area contributed by atoms with Gasteiger partial charge in [-0.15, -0.1) is 0 Å². The van der Waals surface area contributed by atoms with E-state index in [4.69, 9.17) is 20.3 Å². The van der Waals surface area contributed by atoms with Crippen molar-refractivity contribution in [1.29, 1.82) is 0 Å². The topological polar surface area (TPSA) is 111 Å². The lowest BCUT2D eigenvalue weighted by Crippen LogP contribution is -2.59. The molecule has 7 heteroatoms. The van der Waals surface area contributed by atoms with Crippen molar-refractivity contribution < 1.29 is 24.2 Å². The van der Waals surface area contributed by atoms with Crippen molar-refractivity contribution >= 4 is 12.3 Å². The fourth-order valence-corrected chi connectivity index (χ4v) is 3.14. The van der Waals surface area contributed by atoms with Crippen LogP contribution in [0.4, 0.5) is 0 Å². The molecule has 4 N–H and O–H groups in total. The molecular weight excluding hydrogens is 288 g/mol. The minimum absolute atomic E-state index is 0.161. The minimum atomic E-state index is -1.02. The van der Waals surface area contributed by atoms with Crippen molar-refractivity contribution in [3.8, 4) is 0 Å². The molecule has 0 aromatic carbocycles. The second kappa shape index (κ2) is 8.57. The highest BCUT2D eigenvalue weighted by Crippen LogP contribution is 2.41. The third-order valence-corrected chi connectivity index (χ3v) is 4.38. The molecule has 7 nitrogen and oxygen atoms in total. The molecule has 128 valence electrons. The van der Waals surface area contributed by atoms with Gasteiger partial charge in [-0.2, -0.15) is 0 Å². The Morgan fingerprint density at radius 1 is 1.41 bits per heavy atom. The number of aldehydes is 1. The Morgan fingerprint density at radius 2 is 2.00 bits per heavy atom. The molecule has 0 aliphatic heterocycles. The van der Waals surface area contributed by atoms with Crippen molar-refractivity contribution in [3.05, 3.63) is 0 Å². The zero-order valence-electron chi connectivity index (χ0n) is 13.6. The smallest absolute Gasteiger partial charge is 0.305 e. The Bertz CT molecular complexity index is 367. The second-order valence-corrected chi connectivity index (χ2v) is 6.18. The summed E-state index contributed by atoms with van der Waals surface area (Å²) in [7, 11) is 1.57. The van der Waals surface area contributed by atoms with Gasteiger partial charge in [0.15, 0.2) is 0 Å². The quantitative estimate of drug-likeness (QED) is 0.394. The van der Waals surface area contributed by atoms with E-state index >= 15 is 0 Å². The van der Waals surface area contributed by atoms with Gasteiger partial charge in [-0.1, -0.05) is 13.8 Å². The van der Waals surface area contributed by atoms with Crippen LogP contribution in [0.2, 0.25) is 0 Å². The van der Waals surface area contributed by atoms with Gasteiger partial charge in [0, 0.05) is 7.11 Å². The number of aliphatic carboxylic acids is 1. The van der Waals surface area contributed by atoms with E-state index in [2.05, 4.69) is 5.32 Å². The van der Waals surface area contributed by atoms with E-state index in [9.17, 15) is 9.59 Å². The van der Waals surface area contributed by atoms with Gasteiger partial charge in [0.05, 0.1) is 31.7 Å². The second-order valence-electron chi connectivity index (χ2n) is 6.18. The summed E-state index contributed by atoms with van der Waals surface area (Å²) < 4.78 is 11.1. The van der Waals surface area contributed by atoms with E-state index in [1.165, 1.54) is 0 Å². The van der Waals surface area contributed by atoms with Gasteiger partial charge in [-0.3, -0.25) is 10.1 Å². The Morgan fingerprint density at radius 3 is 2.45 bits per heavy atom. The summed E-state index contributed by atoms with van der Waals surface area (Å²) in [5, 5.41) is 12.1. The lowest BCUT2D eigenvalue weighted by Gasteiger charge is -2.41. The first-order chi connectivity index (χ1) is 10.4. The lowest BCUT2D eigenvalue weighted by molar-refractivity contribution is -0.146. The van der Waals surface area contributed by atoms with E-state index in [0.29, 0.717) is 12.9 Å². The predicted octanol–water partition coefficient (Wildman–Crippen LogP) is 0.371. The number of carboxylic acids is 1. The van der Waals surface area contributed by atoms with Crippen LogP contribution in [-0.2, 0) is 19.1 Å². The number of nitrogens with two attached hydrogens (primary N) is 1. The third kappa shape index (κ3) is 4.74. The normalized spacial score (nSPS) is 30.9. The molecule has 0 bridgehead atoms. The van der Waals surface area contributed by atoms with Crippen molar-refractivity contribution in [2.75, 3.05) is 20.3 Å². The van der Waals surface area contributed by atoms with Crippen LogP contribution >= 0.6 is 0 Å². The number of hydrogen-bond acceptors (Lipinski definition) is 6. The first kappa shape index (κ1) is 19.0. The zero-order chi connectivity index (χ0) is 16.8. The van der Waals surface area contributed by atoms with Gasteiger partial charge >= 0.3 is 5.97 Å². The number of carbonyl (C=O) groups is 2. The number of carbonyl (C=O) groups excluding carboxylic acids is 1. The number of carboxylic acid groups (broad SMARTS) is 1. The maximum atomic E-state index is 11.2. The van der Waals surface area contributed by atoms with Crippen molar-refractivity contribution in [2.45, 2.75) is 50.9 Å². The molecule has 4 atom stereocenters. The van der Waals surface area contributed by atoms with Crippen LogP contribution in [0.5, 0.6) is 0 Å².